The molecule has 0 N–H and O–H groups in total. The standard InChI is InChI=1S/C11H9BrClFO/c12-11(10(13)2-1-7-15)8-3-5-9(14)6-4-8/h3-7H,1-2H2/b11-10-. The number of hydrogen-bond donors (Lipinski definition) is 0. The van der Waals surface area contributed by atoms with Gasteiger partial charge in [0, 0.05) is 15.9 Å². The van der Waals surface area contributed by atoms with Gasteiger partial charge in [-0.25, -0.2) is 4.39 Å². The van der Waals surface area contributed by atoms with E-state index in [2.05, 4.69) is 15.9 Å². The maximum absolute atomic E-state index is 12.6. The summed E-state index contributed by atoms with van der Waals surface area (Å²) >= 11 is 9.28. The van der Waals surface area contributed by atoms with E-state index in [0.717, 1.165) is 11.8 Å². The predicted molar refractivity (Wildman–Crippen MR) is 63.4 cm³/mol. The van der Waals surface area contributed by atoms with E-state index in [0.29, 0.717) is 22.4 Å². The summed E-state index contributed by atoms with van der Waals surface area (Å²) < 4.78 is 13.3. The molecular formula is C11H9BrClFO. The first-order valence-corrected chi connectivity index (χ1v) is 5.56. The normalized spacial score (nSPS) is 12.2. The number of aldehydes is 1. The molecule has 0 amide bonds. The first kappa shape index (κ1) is 12.4. The zero-order chi connectivity index (χ0) is 11.3. The lowest BCUT2D eigenvalue weighted by molar-refractivity contribution is -0.107. The van der Waals surface area contributed by atoms with Crippen LogP contribution in [-0.4, -0.2) is 6.29 Å². The lowest BCUT2D eigenvalue weighted by atomic mass is 10.2. The highest BCUT2D eigenvalue weighted by molar-refractivity contribution is 9.15. The van der Waals surface area contributed by atoms with Crippen LogP contribution in [0.1, 0.15) is 18.4 Å². The highest BCUT2D eigenvalue weighted by Gasteiger charge is 2.04. The highest BCUT2D eigenvalue weighted by atomic mass is 79.9. The van der Waals surface area contributed by atoms with Gasteiger partial charge in [0.15, 0.2) is 0 Å². The smallest absolute Gasteiger partial charge is 0.123 e. The van der Waals surface area contributed by atoms with E-state index < -0.39 is 0 Å². The van der Waals surface area contributed by atoms with Gasteiger partial charge in [-0.15, -0.1) is 0 Å². The first-order valence-electron chi connectivity index (χ1n) is 4.39. The van der Waals surface area contributed by atoms with Crippen molar-refractivity contribution in [2.45, 2.75) is 12.8 Å². The van der Waals surface area contributed by atoms with Crippen LogP contribution in [0.25, 0.3) is 4.48 Å². The molecule has 1 aromatic carbocycles. The van der Waals surface area contributed by atoms with Gasteiger partial charge in [0.05, 0.1) is 0 Å². The average Bonchev–Trinajstić information content (AvgIpc) is 2.26. The van der Waals surface area contributed by atoms with E-state index in [9.17, 15) is 9.18 Å². The van der Waals surface area contributed by atoms with Crippen LogP contribution >= 0.6 is 27.5 Å². The molecule has 1 nitrogen and oxygen atoms in total. The molecule has 1 aromatic rings. The zero-order valence-electron chi connectivity index (χ0n) is 7.84. The number of halogens is 3. The van der Waals surface area contributed by atoms with Crippen LogP contribution in [0.4, 0.5) is 4.39 Å². The van der Waals surface area contributed by atoms with Gasteiger partial charge in [-0.3, -0.25) is 0 Å². The number of allylic oxidation sites excluding steroid dienone is 1. The summed E-state index contributed by atoms with van der Waals surface area (Å²) in [5.41, 5.74) is 0.798. The fourth-order valence-electron chi connectivity index (χ4n) is 1.05. The Morgan fingerprint density at radius 1 is 1.40 bits per heavy atom. The van der Waals surface area contributed by atoms with Crippen LogP contribution in [0.2, 0.25) is 0 Å². The summed E-state index contributed by atoms with van der Waals surface area (Å²) in [6.45, 7) is 0. The summed E-state index contributed by atoms with van der Waals surface area (Å²) in [7, 11) is 0. The minimum absolute atomic E-state index is 0.289. The summed E-state index contributed by atoms with van der Waals surface area (Å²) in [6, 6.07) is 5.98. The zero-order valence-corrected chi connectivity index (χ0v) is 10.2. The Bertz CT molecular complexity index is 373. The number of carbonyl (C=O) groups excluding carboxylic acids is 1. The fraction of sp³-hybridized carbons (Fsp3) is 0.182. The summed E-state index contributed by atoms with van der Waals surface area (Å²) in [5, 5.41) is 0.564. The van der Waals surface area contributed by atoms with Gasteiger partial charge >= 0.3 is 0 Å². The molecule has 4 heteroatoms. The Morgan fingerprint density at radius 3 is 2.53 bits per heavy atom. The molecule has 0 saturated heterocycles. The van der Waals surface area contributed by atoms with Crippen molar-refractivity contribution in [3.05, 3.63) is 40.7 Å². The van der Waals surface area contributed by atoms with E-state index in [1.54, 1.807) is 12.1 Å². The summed E-state index contributed by atoms with van der Waals surface area (Å²) in [5.74, 6) is -0.289. The van der Waals surface area contributed by atoms with E-state index in [1.807, 2.05) is 0 Å². The lowest BCUT2D eigenvalue weighted by Crippen LogP contribution is -1.83. The van der Waals surface area contributed by atoms with Crippen molar-refractivity contribution in [1.82, 2.24) is 0 Å². The molecule has 0 aliphatic heterocycles. The van der Waals surface area contributed by atoms with Gasteiger partial charge in [0.25, 0.3) is 0 Å². The Hall–Kier alpha value is -0.670. The molecule has 80 valence electrons. The van der Waals surface area contributed by atoms with Gasteiger partial charge in [0.2, 0.25) is 0 Å². The second-order valence-electron chi connectivity index (χ2n) is 2.93. The molecule has 0 saturated carbocycles. The molecule has 0 bridgehead atoms. The first-order chi connectivity index (χ1) is 7.15. The van der Waals surface area contributed by atoms with Crippen molar-refractivity contribution in [2.24, 2.45) is 0 Å². The minimum atomic E-state index is -0.289. The van der Waals surface area contributed by atoms with Crippen molar-refractivity contribution in [2.75, 3.05) is 0 Å². The van der Waals surface area contributed by atoms with Gasteiger partial charge in [0.1, 0.15) is 12.1 Å². The van der Waals surface area contributed by atoms with Gasteiger partial charge < -0.3 is 4.79 Å². The van der Waals surface area contributed by atoms with Crippen molar-refractivity contribution in [1.29, 1.82) is 0 Å². The maximum Gasteiger partial charge on any atom is 0.123 e. The molecule has 0 aliphatic carbocycles. The molecule has 0 radical (unpaired) electrons. The van der Waals surface area contributed by atoms with Gasteiger partial charge in [-0.2, -0.15) is 0 Å². The van der Waals surface area contributed by atoms with Crippen LogP contribution < -0.4 is 0 Å². The van der Waals surface area contributed by atoms with E-state index >= 15 is 0 Å². The van der Waals surface area contributed by atoms with Crippen molar-refractivity contribution in [3.8, 4) is 0 Å². The molecule has 0 heterocycles. The largest absolute Gasteiger partial charge is 0.303 e. The summed E-state index contributed by atoms with van der Waals surface area (Å²) in [6.07, 6.45) is 1.69. The van der Waals surface area contributed by atoms with Crippen LogP contribution in [0.5, 0.6) is 0 Å². The molecule has 0 aromatic heterocycles. The Balaban J connectivity index is 2.86. The minimum Gasteiger partial charge on any atom is -0.303 e. The molecular weight excluding hydrogens is 282 g/mol. The topological polar surface area (TPSA) is 17.1 Å². The SMILES string of the molecule is O=CCC/C(Cl)=C(/Br)c1ccc(F)cc1. The van der Waals surface area contributed by atoms with Crippen molar-refractivity contribution in [3.63, 3.8) is 0 Å². The maximum atomic E-state index is 12.6. The molecule has 1 rings (SSSR count). The third-order valence-electron chi connectivity index (χ3n) is 1.82. The van der Waals surface area contributed by atoms with E-state index in [1.165, 1.54) is 12.1 Å². The highest BCUT2D eigenvalue weighted by Crippen LogP contribution is 2.29. The van der Waals surface area contributed by atoms with Crippen LogP contribution in [-0.2, 0) is 4.79 Å². The molecule has 0 atom stereocenters. The van der Waals surface area contributed by atoms with Gasteiger partial charge in [-0.05, 0) is 40.0 Å². The summed E-state index contributed by atoms with van der Waals surface area (Å²) in [4.78, 5) is 10.2. The average molecular weight is 292 g/mol. The fourth-order valence-corrected chi connectivity index (χ4v) is 1.73. The van der Waals surface area contributed by atoms with Crippen LogP contribution in [0, 0.1) is 5.82 Å². The molecule has 0 fully saturated rings. The Morgan fingerprint density at radius 2 is 2.00 bits per heavy atom. The Labute approximate surface area is 101 Å². The number of rotatable bonds is 4. The molecule has 0 aliphatic rings. The monoisotopic (exact) mass is 290 g/mol. The van der Waals surface area contributed by atoms with Crippen LogP contribution in [0.15, 0.2) is 29.3 Å². The number of carbonyl (C=O) groups is 1. The molecule has 15 heavy (non-hydrogen) atoms. The molecule has 0 unspecified atom stereocenters. The van der Waals surface area contributed by atoms with E-state index in [4.69, 9.17) is 11.6 Å². The van der Waals surface area contributed by atoms with E-state index in [-0.39, 0.29) is 5.82 Å². The predicted octanol–water partition coefficient (Wildman–Crippen LogP) is 4.11. The third-order valence-corrected chi connectivity index (χ3v) is 3.36. The lowest BCUT2D eigenvalue weighted by Gasteiger charge is -2.03. The van der Waals surface area contributed by atoms with Crippen molar-refractivity contribution < 1.29 is 9.18 Å². The number of benzene rings is 1. The quantitative estimate of drug-likeness (QED) is 0.763. The van der Waals surface area contributed by atoms with Crippen molar-refractivity contribution >= 4 is 38.3 Å². The van der Waals surface area contributed by atoms with Crippen LogP contribution in [0.3, 0.4) is 0 Å². The third kappa shape index (κ3) is 3.76. The second-order valence-corrected chi connectivity index (χ2v) is 4.18. The second kappa shape index (κ2) is 6.03. The van der Waals surface area contributed by atoms with Gasteiger partial charge in [-0.1, -0.05) is 23.7 Å². The number of hydrogen-bond acceptors (Lipinski definition) is 1. The molecule has 0 spiro atoms. The Kier molecular flexibility index (Phi) is 4.99.